The van der Waals surface area contributed by atoms with Crippen molar-refractivity contribution in [2.45, 2.75) is 27.3 Å². The van der Waals surface area contributed by atoms with Gasteiger partial charge in [0.05, 0.1) is 10.9 Å². The molecule has 2 aromatic carbocycles. The zero-order chi connectivity index (χ0) is 20.1. The number of nitrogens with zero attached hydrogens (tertiary/aromatic N) is 3. The number of hydrogen-bond donors (Lipinski definition) is 1. The van der Waals surface area contributed by atoms with Gasteiger partial charge in [0, 0.05) is 25.3 Å². The van der Waals surface area contributed by atoms with E-state index in [4.69, 9.17) is 0 Å². The quantitative estimate of drug-likeness (QED) is 0.686. The van der Waals surface area contributed by atoms with Gasteiger partial charge in [-0.3, -0.25) is 14.2 Å². The first-order chi connectivity index (χ1) is 13.5. The van der Waals surface area contributed by atoms with E-state index in [2.05, 4.69) is 41.2 Å². The van der Waals surface area contributed by atoms with E-state index in [-0.39, 0.29) is 18.0 Å². The van der Waals surface area contributed by atoms with Gasteiger partial charge in [0.2, 0.25) is 5.91 Å². The maximum atomic E-state index is 12.7. The molecule has 0 spiro atoms. The van der Waals surface area contributed by atoms with Crippen molar-refractivity contribution in [1.29, 1.82) is 0 Å². The molecule has 0 radical (unpaired) electrons. The Bertz CT molecular complexity index is 1040. The maximum absolute atomic E-state index is 12.7. The van der Waals surface area contributed by atoms with Crippen LogP contribution in [0.25, 0.3) is 10.9 Å². The summed E-state index contributed by atoms with van der Waals surface area (Å²) in [5.74, 6) is 0.345. The minimum atomic E-state index is -0.192. The van der Waals surface area contributed by atoms with Crippen molar-refractivity contribution in [3.63, 3.8) is 0 Å². The molecule has 6 heteroatoms. The van der Waals surface area contributed by atoms with E-state index in [1.165, 1.54) is 15.8 Å². The third-order valence-corrected chi connectivity index (χ3v) is 4.90. The number of amides is 1. The molecule has 1 amide bonds. The van der Waals surface area contributed by atoms with Crippen LogP contribution in [0.4, 0.5) is 5.69 Å². The largest absolute Gasteiger partial charge is 0.370 e. The lowest BCUT2D eigenvalue weighted by molar-refractivity contribution is -0.121. The highest BCUT2D eigenvalue weighted by molar-refractivity contribution is 5.79. The molecule has 0 bridgehead atoms. The first kappa shape index (κ1) is 19.6. The van der Waals surface area contributed by atoms with E-state index in [0.29, 0.717) is 29.8 Å². The Morgan fingerprint density at radius 2 is 1.82 bits per heavy atom. The highest BCUT2D eigenvalue weighted by Gasteiger charge is 2.12. The molecule has 0 aliphatic carbocycles. The molecule has 0 saturated heterocycles. The third kappa shape index (κ3) is 4.22. The van der Waals surface area contributed by atoms with Gasteiger partial charge in [-0.25, -0.2) is 4.98 Å². The molecule has 6 nitrogen and oxygen atoms in total. The number of fused-ring (bicyclic) bond motifs is 1. The fourth-order valence-electron chi connectivity index (χ4n) is 3.36. The van der Waals surface area contributed by atoms with Crippen LogP contribution in [0.2, 0.25) is 0 Å². The third-order valence-electron chi connectivity index (χ3n) is 4.90. The van der Waals surface area contributed by atoms with Crippen molar-refractivity contribution in [2.75, 3.05) is 24.5 Å². The van der Waals surface area contributed by atoms with Gasteiger partial charge < -0.3 is 10.2 Å². The molecular weight excluding hydrogens is 352 g/mol. The highest BCUT2D eigenvalue weighted by atomic mass is 16.2. The number of hydrogen-bond acceptors (Lipinski definition) is 4. The van der Waals surface area contributed by atoms with Crippen LogP contribution < -0.4 is 15.8 Å². The number of para-hydroxylation sites is 2. The highest BCUT2D eigenvalue weighted by Crippen LogP contribution is 2.18. The molecule has 3 rings (SSSR count). The van der Waals surface area contributed by atoms with Crippen LogP contribution in [0.5, 0.6) is 0 Å². The number of carbonyl (C=O) groups excluding carboxylic acids is 1. The van der Waals surface area contributed by atoms with Gasteiger partial charge in [-0.2, -0.15) is 0 Å². The zero-order valence-corrected chi connectivity index (χ0v) is 16.6. The Hall–Kier alpha value is -3.15. The minimum absolute atomic E-state index is 0.0288. The zero-order valence-electron chi connectivity index (χ0n) is 16.6. The molecule has 0 aliphatic rings. The summed E-state index contributed by atoms with van der Waals surface area (Å²) in [5.41, 5.74) is 2.84. The maximum Gasteiger partial charge on any atom is 0.261 e. The van der Waals surface area contributed by atoms with E-state index < -0.39 is 0 Å². The Kier molecular flexibility index (Phi) is 6.09. The van der Waals surface area contributed by atoms with Crippen LogP contribution in [0.3, 0.4) is 0 Å². The number of aryl methyl sites for hydroxylation is 2. The molecule has 0 unspecified atom stereocenters. The van der Waals surface area contributed by atoms with Gasteiger partial charge in [-0.05, 0) is 44.5 Å². The Morgan fingerprint density at radius 1 is 1.11 bits per heavy atom. The Labute approximate surface area is 164 Å². The normalized spacial score (nSPS) is 10.8. The Morgan fingerprint density at radius 3 is 2.57 bits per heavy atom. The predicted molar refractivity (Wildman–Crippen MR) is 113 cm³/mol. The molecule has 0 fully saturated rings. The second-order valence-corrected chi connectivity index (χ2v) is 6.78. The van der Waals surface area contributed by atoms with Gasteiger partial charge in [-0.15, -0.1) is 0 Å². The smallest absolute Gasteiger partial charge is 0.261 e. The summed E-state index contributed by atoms with van der Waals surface area (Å²) in [6.45, 7) is 7.97. The molecule has 1 N–H and O–H groups in total. The number of likely N-dealkylation sites (N-methyl/N-ethyl adjacent to an activating group) is 1. The summed E-state index contributed by atoms with van der Waals surface area (Å²) in [6, 6.07) is 15.4. The van der Waals surface area contributed by atoms with E-state index in [9.17, 15) is 9.59 Å². The summed E-state index contributed by atoms with van der Waals surface area (Å²) >= 11 is 0. The van der Waals surface area contributed by atoms with Crippen molar-refractivity contribution < 1.29 is 4.79 Å². The molecule has 0 atom stereocenters. The lowest BCUT2D eigenvalue weighted by Crippen LogP contribution is -2.38. The van der Waals surface area contributed by atoms with Crippen LogP contribution >= 0.6 is 0 Å². The van der Waals surface area contributed by atoms with Crippen molar-refractivity contribution >= 4 is 22.5 Å². The number of rotatable bonds is 7. The molecule has 1 aromatic heterocycles. The fourth-order valence-corrected chi connectivity index (χ4v) is 3.36. The summed E-state index contributed by atoms with van der Waals surface area (Å²) in [4.78, 5) is 31.7. The van der Waals surface area contributed by atoms with Gasteiger partial charge in [0.15, 0.2) is 0 Å². The van der Waals surface area contributed by atoms with E-state index in [1.54, 1.807) is 25.1 Å². The first-order valence-electron chi connectivity index (χ1n) is 9.54. The van der Waals surface area contributed by atoms with Crippen LogP contribution in [0.15, 0.2) is 53.3 Å². The van der Waals surface area contributed by atoms with Crippen LogP contribution in [0, 0.1) is 13.8 Å². The molecule has 146 valence electrons. The van der Waals surface area contributed by atoms with Gasteiger partial charge in [0.1, 0.15) is 12.4 Å². The minimum Gasteiger partial charge on any atom is -0.370 e. The summed E-state index contributed by atoms with van der Waals surface area (Å²) in [6.07, 6.45) is 0. The van der Waals surface area contributed by atoms with Crippen molar-refractivity contribution in [1.82, 2.24) is 14.9 Å². The second kappa shape index (κ2) is 8.69. The predicted octanol–water partition coefficient (Wildman–Crippen LogP) is 2.66. The van der Waals surface area contributed by atoms with Gasteiger partial charge in [0.25, 0.3) is 5.56 Å². The van der Waals surface area contributed by atoms with Crippen LogP contribution in [0.1, 0.15) is 18.3 Å². The second-order valence-electron chi connectivity index (χ2n) is 6.78. The summed E-state index contributed by atoms with van der Waals surface area (Å²) in [5, 5.41) is 3.45. The number of carbonyl (C=O) groups is 1. The molecular formula is C22H26N4O2. The average Bonchev–Trinajstić information content (AvgIpc) is 2.69. The average molecular weight is 378 g/mol. The summed E-state index contributed by atoms with van der Waals surface area (Å²) < 4.78 is 1.43. The van der Waals surface area contributed by atoms with E-state index in [1.807, 2.05) is 18.2 Å². The molecule has 3 aromatic rings. The fraction of sp³-hybridized carbons (Fsp3) is 0.318. The van der Waals surface area contributed by atoms with Crippen molar-refractivity contribution in [3.05, 3.63) is 70.3 Å². The van der Waals surface area contributed by atoms with Gasteiger partial charge in [-0.1, -0.05) is 30.3 Å². The number of benzene rings is 2. The SMILES string of the molecule is CCN(CCNC(=O)Cn1c(C)nc2ccccc2c1=O)c1ccccc1C. The van der Waals surface area contributed by atoms with Crippen LogP contribution in [-0.2, 0) is 11.3 Å². The monoisotopic (exact) mass is 378 g/mol. The molecule has 28 heavy (non-hydrogen) atoms. The van der Waals surface area contributed by atoms with E-state index in [0.717, 1.165) is 6.54 Å². The Balaban J connectivity index is 1.64. The number of anilines is 1. The molecule has 0 aliphatic heterocycles. The van der Waals surface area contributed by atoms with Gasteiger partial charge >= 0.3 is 0 Å². The summed E-state index contributed by atoms with van der Waals surface area (Å²) in [7, 11) is 0. The van der Waals surface area contributed by atoms with Crippen LogP contribution in [-0.4, -0.2) is 35.1 Å². The lowest BCUT2D eigenvalue weighted by Gasteiger charge is -2.25. The molecule has 0 saturated carbocycles. The standard InChI is InChI=1S/C22H26N4O2/c1-4-25(20-12-8-5-9-16(20)2)14-13-23-21(27)15-26-17(3)24-19-11-7-6-10-18(19)22(26)28/h5-12H,4,13-15H2,1-3H3,(H,23,27). The topological polar surface area (TPSA) is 67.2 Å². The van der Waals surface area contributed by atoms with E-state index >= 15 is 0 Å². The molecule has 1 heterocycles. The lowest BCUT2D eigenvalue weighted by atomic mass is 10.2. The van der Waals surface area contributed by atoms with Crippen molar-refractivity contribution in [2.24, 2.45) is 0 Å². The first-order valence-corrected chi connectivity index (χ1v) is 9.54. The van der Waals surface area contributed by atoms with Crippen molar-refractivity contribution in [3.8, 4) is 0 Å². The number of aromatic nitrogens is 2. The number of nitrogens with one attached hydrogen (secondary N) is 1.